The van der Waals surface area contributed by atoms with E-state index in [-0.39, 0.29) is 11.6 Å². The van der Waals surface area contributed by atoms with Crippen molar-refractivity contribution in [2.75, 3.05) is 19.4 Å². The molecule has 0 aliphatic carbocycles. The topological polar surface area (TPSA) is 75.5 Å². The predicted molar refractivity (Wildman–Crippen MR) is 77.6 cm³/mol. The van der Waals surface area contributed by atoms with Gasteiger partial charge >= 0.3 is 0 Å². The van der Waals surface area contributed by atoms with E-state index in [9.17, 15) is 14.9 Å². The largest absolute Gasteiger partial charge is 0.368 e. The average Bonchev–Trinajstić information content (AvgIpc) is 2.29. The number of nitrogens with one attached hydrogen (secondary N) is 1. The summed E-state index contributed by atoms with van der Waals surface area (Å²) in [6.45, 7) is 1.67. The van der Waals surface area contributed by atoms with Crippen LogP contribution in [0.5, 0.6) is 0 Å². The second-order valence-electron chi connectivity index (χ2n) is 4.02. The molecule has 1 amide bonds. The second kappa shape index (κ2) is 5.98. The molecule has 1 unspecified atom stereocenters. The smallest absolute Gasteiger partial charge is 0.293 e. The number of halogens is 1. The maximum absolute atomic E-state index is 11.7. The number of hydrogen-bond donors (Lipinski definition) is 1. The van der Waals surface area contributed by atoms with Gasteiger partial charge in [0.15, 0.2) is 0 Å². The average molecular weight is 363 g/mol. The fourth-order valence-corrected chi connectivity index (χ4v) is 1.93. The van der Waals surface area contributed by atoms with Gasteiger partial charge in [-0.1, -0.05) is 0 Å². The summed E-state index contributed by atoms with van der Waals surface area (Å²) < 4.78 is 0.774. The summed E-state index contributed by atoms with van der Waals surface area (Å²) in [5.74, 6) is -0.136. The molecule has 1 atom stereocenters. The van der Waals surface area contributed by atoms with Crippen molar-refractivity contribution < 1.29 is 9.72 Å². The molecule has 0 fully saturated rings. The van der Waals surface area contributed by atoms with Crippen molar-refractivity contribution in [1.29, 1.82) is 0 Å². The third kappa shape index (κ3) is 3.56. The van der Waals surface area contributed by atoms with E-state index in [4.69, 9.17) is 0 Å². The third-order valence-electron chi connectivity index (χ3n) is 2.34. The molecule has 0 saturated carbocycles. The van der Waals surface area contributed by atoms with Crippen molar-refractivity contribution in [3.05, 3.63) is 31.9 Å². The molecule has 0 radical (unpaired) electrons. The lowest BCUT2D eigenvalue weighted by atomic mass is 10.2. The standard InChI is InChI=1S/C11H14IN3O3/c1-7(11(16)14(2)3)13-9-5-4-8(12)6-10(9)15(17)18/h4-7,13H,1-3H3. The predicted octanol–water partition coefficient (Wildman–Crippen LogP) is 2.09. The summed E-state index contributed by atoms with van der Waals surface area (Å²) >= 11 is 2.01. The summed E-state index contributed by atoms with van der Waals surface area (Å²) in [7, 11) is 3.28. The zero-order valence-electron chi connectivity index (χ0n) is 10.3. The zero-order chi connectivity index (χ0) is 13.9. The molecule has 1 N–H and O–H groups in total. The maximum Gasteiger partial charge on any atom is 0.293 e. The van der Waals surface area contributed by atoms with Gasteiger partial charge in [0.1, 0.15) is 11.7 Å². The first kappa shape index (κ1) is 14.7. The van der Waals surface area contributed by atoms with Crippen LogP contribution in [0.2, 0.25) is 0 Å². The Bertz CT molecular complexity index is 477. The summed E-state index contributed by atoms with van der Waals surface area (Å²) in [4.78, 5) is 23.6. The number of nitro benzene ring substituents is 1. The van der Waals surface area contributed by atoms with Crippen molar-refractivity contribution in [2.24, 2.45) is 0 Å². The van der Waals surface area contributed by atoms with E-state index in [0.717, 1.165) is 3.57 Å². The van der Waals surface area contributed by atoms with Crippen LogP contribution in [0.15, 0.2) is 18.2 Å². The van der Waals surface area contributed by atoms with Gasteiger partial charge in [-0.05, 0) is 41.6 Å². The molecule has 1 aromatic carbocycles. The lowest BCUT2D eigenvalue weighted by Crippen LogP contribution is -2.36. The molecular weight excluding hydrogens is 349 g/mol. The Morgan fingerprint density at radius 1 is 1.50 bits per heavy atom. The molecule has 98 valence electrons. The molecule has 1 aromatic rings. The molecule has 0 aromatic heterocycles. The fraction of sp³-hybridized carbons (Fsp3) is 0.364. The SMILES string of the molecule is CC(Nc1ccc(I)cc1[N+](=O)[O-])C(=O)N(C)C. The summed E-state index contributed by atoms with van der Waals surface area (Å²) in [6, 6.07) is 4.32. The minimum absolute atomic E-state index is 0.0275. The van der Waals surface area contributed by atoms with E-state index in [0.29, 0.717) is 5.69 Å². The first-order valence-electron chi connectivity index (χ1n) is 5.24. The second-order valence-corrected chi connectivity index (χ2v) is 5.26. The number of carbonyl (C=O) groups excluding carboxylic acids is 1. The molecule has 0 aliphatic rings. The molecule has 0 aliphatic heterocycles. The third-order valence-corrected chi connectivity index (χ3v) is 3.01. The number of rotatable bonds is 4. The van der Waals surface area contributed by atoms with Crippen molar-refractivity contribution in [2.45, 2.75) is 13.0 Å². The Balaban J connectivity index is 2.97. The van der Waals surface area contributed by atoms with Crippen LogP contribution < -0.4 is 5.32 Å². The van der Waals surface area contributed by atoms with E-state index in [1.54, 1.807) is 33.2 Å². The number of nitrogens with zero attached hydrogens (tertiary/aromatic N) is 2. The van der Waals surface area contributed by atoms with Gasteiger partial charge in [-0.15, -0.1) is 0 Å². The van der Waals surface area contributed by atoms with Crippen molar-refractivity contribution in [1.82, 2.24) is 4.90 Å². The molecular formula is C11H14IN3O3. The summed E-state index contributed by atoms with van der Waals surface area (Å²) in [6.07, 6.45) is 0. The van der Waals surface area contributed by atoms with Gasteiger partial charge in [0.2, 0.25) is 5.91 Å². The molecule has 0 bridgehead atoms. The fourth-order valence-electron chi connectivity index (χ4n) is 1.46. The Morgan fingerprint density at radius 3 is 2.61 bits per heavy atom. The van der Waals surface area contributed by atoms with Gasteiger partial charge in [0.05, 0.1) is 4.92 Å². The van der Waals surface area contributed by atoms with Crippen LogP contribution in [0, 0.1) is 13.7 Å². The Morgan fingerprint density at radius 2 is 2.11 bits per heavy atom. The van der Waals surface area contributed by atoms with Gasteiger partial charge < -0.3 is 10.2 Å². The first-order valence-corrected chi connectivity index (χ1v) is 6.32. The molecule has 18 heavy (non-hydrogen) atoms. The Kier molecular flexibility index (Phi) is 4.88. The van der Waals surface area contributed by atoms with Crippen LogP contribution in [0.1, 0.15) is 6.92 Å². The van der Waals surface area contributed by atoms with Gasteiger partial charge in [-0.2, -0.15) is 0 Å². The van der Waals surface area contributed by atoms with Crippen molar-refractivity contribution >= 4 is 39.9 Å². The van der Waals surface area contributed by atoms with Crippen molar-refractivity contribution in [3.8, 4) is 0 Å². The van der Waals surface area contributed by atoms with E-state index in [2.05, 4.69) is 5.32 Å². The minimum atomic E-state index is -0.515. The van der Waals surface area contributed by atoms with Crippen LogP contribution in [0.4, 0.5) is 11.4 Å². The van der Waals surface area contributed by atoms with E-state index in [1.165, 1.54) is 11.0 Å². The van der Waals surface area contributed by atoms with Gasteiger partial charge in [0.25, 0.3) is 5.69 Å². The summed E-state index contributed by atoms with van der Waals surface area (Å²) in [5, 5.41) is 13.8. The van der Waals surface area contributed by atoms with Crippen LogP contribution in [0.25, 0.3) is 0 Å². The lowest BCUT2D eigenvalue weighted by molar-refractivity contribution is -0.384. The number of nitro groups is 1. The number of hydrogen-bond acceptors (Lipinski definition) is 4. The normalized spacial score (nSPS) is 11.8. The number of amides is 1. The number of anilines is 1. The molecule has 0 spiro atoms. The molecule has 6 nitrogen and oxygen atoms in total. The highest BCUT2D eigenvalue weighted by Crippen LogP contribution is 2.26. The highest BCUT2D eigenvalue weighted by Gasteiger charge is 2.20. The zero-order valence-corrected chi connectivity index (χ0v) is 12.5. The van der Waals surface area contributed by atoms with Gasteiger partial charge in [0, 0.05) is 23.7 Å². The summed E-state index contributed by atoms with van der Waals surface area (Å²) in [5.41, 5.74) is 0.323. The first-order chi connectivity index (χ1) is 8.32. The monoisotopic (exact) mass is 363 g/mol. The quantitative estimate of drug-likeness (QED) is 0.505. The van der Waals surface area contributed by atoms with Crippen LogP contribution in [-0.2, 0) is 4.79 Å². The highest BCUT2D eigenvalue weighted by atomic mass is 127. The van der Waals surface area contributed by atoms with E-state index < -0.39 is 11.0 Å². The van der Waals surface area contributed by atoms with Gasteiger partial charge in [-0.25, -0.2) is 0 Å². The van der Waals surface area contributed by atoms with Gasteiger partial charge in [-0.3, -0.25) is 14.9 Å². The number of benzene rings is 1. The lowest BCUT2D eigenvalue weighted by Gasteiger charge is -2.18. The maximum atomic E-state index is 11.7. The Labute approximate surface area is 119 Å². The van der Waals surface area contributed by atoms with E-state index in [1.807, 2.05) is 22.6 Å². The highest BCUT2D eigenvalue weighted by molar-refractivity contribution is 14.1. The minimum Gasteiger partial charge on any atom is -0.368 e. The Hall–Kier alpha value is -1.38. The van der Waals surface area contributed by atoms with Crippen LogP contribution in [-0.4, -0.2) is 35.9 Å². The van der Waals surface area contributed by atoms with Crippen LogP contribution >= 0.6 is 22.6 Å². The molecule has 0 heterocycles. The van der Waals surface area contributed by atoms with Crippen LogP contribution in [0.3, 0.4) is 0 Å². The molecule has 0 saturated heterocycles. The molecule has 7 heteroatoms. The number of carbonyl (C=O) groups is 1. The molecule has 1 rings (SSSR count). The number of likely N-dealkylation sites (N-methyl/N-ethyl adjacent to an activating group) is 1. The van der Waals surface area contributed by atoms with E-state index >= 15 is 0 Å². The van der Waals surface area contributed by atoms with Crippen molar-refractivity contribution in [3.63, 3.8) is 0 Å².